The van der Waals surface area contributed by atoms with Crippen LogP contribution in [-0.2, 0) is 4.79 Å². The van der Waals surface area contributed by atoms with E-state index in [1.807, 2.05) is 35.2 Å². The summed E-state index contributed by atoms with van der Waals surface area (Å²) >= 11 is 3.42. The molecule has 0 unspecified atom stereocenters. The van der Waals surface area contributed by atoms with Gasteiger partial charge in [0.05, 0.1) is 0 Å². The zero-order valence-corrected chi connectivity index (χ0v) is 14.7. The largest absolute Gasteiger partial charge is 0.368 e. The highest BCUT2D eigenvalue weighted by Gasteiger charge is 2.19. The third-order valence-electron chi connectivity index (χ3n) is 4.05. The highest BCUT2D eigenvalue weighted by Crippen LogP contribution is 2.17. The molecule has 1 saturated heterocycles. The van der Waals surface area contributed by atoms with Crippen LogP contribution < -0.4 is 4.90 Å². The van der Waals surface area contributed by atoms with E-state index in [-0.39, 0.29) is 11.7 Å². The SMILES string of the molecule is O=C(/C=C/c1cccc(Br)c1)N1CCN(c2ccc(F)cc2)CC1. The standard InChI is InChI=1S/C19H18BrFN2O/c20-16-3-1-2-15(14-16)4-9-19(24)23-12-10-22(11-13-23)18-7-5-17(21)6-8-18/h1-9,14H,10-13H2/b9-4+. The Labute approximate surface area is 149 Å². The maximum absolute atomic E-state index is 13.0. The smallest absolute Gasteiger partial charge is 0.246 e. The zero-order valence-electron chi connectivity index (χ0n) is 13.2. The van der Waals surface area contributed by atoms with Gasteiger partial charge in [0.15, 0.2) is 0 Å². The molecule has 1 aliphatic rings. The molecule has 1 aliphatic heterocycles. The molecule has 2 aromatic carbocycles. The molecule has 0 bridgehead atoms. The molecule has 2 aromatic rings. The summed E-state index contributed by atoms with van der Waals surface area (Å²) in [7, 11) is 0. The summed E-state index contributed by atoms with van der Waals surface area (Å²) in [5.41, 5.74) is 1.98. The van der Waals surface area contributed by atoms with Gasteiger partial charge < -0.3 is 9.80 Å². The number of amides is 1. The van der Waals surface area contributed by atoms with Crippen molar-refractivity contribution in [1.82, 2.24) is 4.90 Å². The van der Waals surface area contributed by atoms with Crippen molar-refractivity contribution >= 4 is 33.6 Å². The van der Waals surface area contributed by atoms with Crippen LogP contribution in [0.1, 0.15) is 5.56 Å². The summed E-state index contributed by atoms with van der Waals surface area (Å²) in [6.45, 7) is 2.84. The van der Waals surface area contributed by atoms with Gasteiger partial charge in [-0.3, -0.25) is 4.79 Å². The Bertz CT molecular complexity index is 737. The fourth-order valence-electron chi connectivity index (χ4n) is 2.72. The Balaban J connectivity index is 1.56. The summed E-state index contributed by atoms with van der Waals surface area (Å²) < 4.78 is 14.0. The van der Waals surface area contributed by atoms with Gasteiger partial charge in [-0.1, -0.05) is 28.1 Å². The molecular formula is C19H18BrFN2O. The molecule has 3 rings (SSSR count). The first kappa shape index (κ1) is 16.7. The number of rotatable bonds is 3. The number of hydrogen-bond donors (Lipinski definition) is 0. The lowest BCUT2D eigenvalue weighted by atomic mass is 10.2. The van der Waals surface area contributed by atoms with Crippen molar-refractivity contribution in [2.45, 2.75) is 0 Å². The van der Waals surface area contributed by atoms with Gasteiger partial charge >= 0.3 is 0 Å². The second kappa shape index (κ2) is 7.62. The van der Waals surface area contributed by atoms with E-state index in [9.17, 15) is 9.18 Å². The number of anilines is 1. The van der Waals surface area contributed by atoms with E-state index in [2.05, 4.69) is 20.8 Å². The number of halogens is 2. The molecule has 3 nitrogen and oxygen atoms in total. The Morgan fingerprint density at radius 3 is 2.42 bits per heavy atom. The summed E-state index contributed by atoms with van der Waals surface area (Å²) in [5.74, 6) is -0.209. The predicted octanol–water partition coefficient (Wildman–Crippen LogP) is 3.95. The number of carbonyl (C=O) groups excluding carboxylic acids is 1. The molecule has 0 spiro atoms. The lowest BCUT2D eigenvalue weighted by Crippen LogP contribution is -2.48. The van der Waals surface area contributed by atoms with E-state index in [4.69, 9.17) is 0 Å². The van der Waals surface area contributed by atoms with Crippen molar-refractivity contribution in [3.8, 4) is 0 Å². The van der Waals surface area contributed by atoms with Crippen molar-refractivity contribution in [3.63, 3.8) is 0 Å². The lowest BCUT2D eigenvalue weighted by molar-refractivity contribution is -0.126. The Kier molecular flexibility index (Phi) is 5.30. The molecule has 1 fully saturated rings. The minimum atomic E-state index is -0.231. The Hall–Kier alpha value is -2.14. The second-order valence-corrected chi connectivity index (χ2v) is 6.59. The first-order valence-corrected chi connectivity index (χ1v) is 8.64. The monoisotopic (exact) mass is 388 g/mol. The number of carbonyl (C=O) groups is 1. The Morgan fingerprint density at radius 1 is 1.04 bits per heavy atom. The predicted molar refractivity (Wildman–Crippen MR) is 98.4 cm³/mol. The van der Waals surface area contributed by atoms with Crippen LogP contribution >= 0.6 is 15.9 Å². The van der Waals surface area contributed by atoms with E-state index in [0.29, 0.717) is 13.1 Å². The molecule has 24 heavy (non-hydrogen) atoms. The molecular weight excluding hydrogens is 371 g/mol. The van der Waals surface area contributed by atoms with Gasteiger partial charge in [-0.05, 0) is 48.0 Å². The molecule has 0 aliphatic carbocycles. The van der Waals surface area contributed by atoms with Gasteiger partial charge in [-0.2, -0.15) is 0 Å². The topological polar surface area (TPSA) is 23.6 Å². The van der Waals surface area contributed by atoms with E-state index in [0.717, 1.165) is 28.8 Å². The molecule has 5 heteroatoms. The molecule has 124 valence electrons. The van der Waals surface area contributed by atoms with Crippen LogP contribution in [0.4, 0.5) is 10.1 Å². The molecule has 0 N–H and O–H groups in total. The maximum Gasteiger partial charge on any atom is 0.246 e. The van der Waals surface area contributed by atoms with Gasteiger partial charge in [0.1, 0.15) is 5.82 Å². The summed E-state index contributed by atoms with van der Waals surface area (Å²) in [4.78, 5) is 16.3. The lowest BCUT2D eigenvalue weighted by Gasteiger charge is -2.35. The first-order valence-electron chi connectivity index (χ1n) is 7.85. The number of benzene rings is 2. The average molecular weight is 389 g/mol. The maximum atomic E-state index is 13.0. The molecule has 0 atom stereocenters. The van der Waals surface area contributed by atoms with E-state index in [1.165, 1.54) is 12.1 Å². The van der Waals surface area contributed by atoms with E-state index in [1.54, 1.807) is 18.2 Å². The van der Waals surface area contributed by atoms with Crippen LogP contribution in [0.5, 0.6) is 0 Å². The molecule has 0 aromatic heterocycles. The average Bonchev–Trinajstić information content (AvgIpc) is 2.61. The van der Waals surface area contributed by atoms with Gasteiger partial charge in [-0.25, -0.2) is 4.39 Å². The normalized spacial score (nSPS) is 15.1. The zero-order chi connectivity index (χ0) is 16.9. The van der Waals surface area contributed by atoms with Crippen molar-refractivity contribution in [2.75, 3.05) is 31.1 Å². The van der Waals surface area contributed by atoms with E-state index >= 15 is 0 Å². The summed E-state index contributed by atoms with van der Waals surface area (Å²) in [5, 5.41) is 0. The fourth-order valence-corrected chi connectivity index (χ4v) is 3.14. The van der Waals surface area contributed by atoms with Crippen LogP contribution in [0, 0.1) is 5.82 Å². The van der Waals surface area contributed by atoms with Crippen molar-refractivity contribution < 1.29 is 9.18 Å². The fraction of sp³-hybridized carbons (Fsp3) is 0.211. The highest BCUT2D eigenvalue weighted by atomic mass is 79.9. The van der Waals surface area contributed by atoms with Crippen LogP contribution in [-0.4, -0.2) is 37.0 Å². The van der Waals surface area contributed by atoms with Crippen molar-refractivity contribution in [1.29, 1.82) is 0 Å². The van der Waals surface area contributed by atoms with Crippen molar-refractivity contribution in [2.24, 2.45) is 0 Å². The minimum Gasteiger partial charge on any atom is -0.368 e. The van der Waals surface area contributed by atoms with Gasteiger partial charge in [0.2, 0.25) is 5.91 Å². The third-order valence-corrected chi connectivity index (χ3v) is 4.54. The van der Waals surface area contributed by atoms with Gasteiger partial charge in [0, 0.05) is 42.4 Å². The number of piperazine rings is 1. The third kappa shape index (κ3) is 4.23. The molecule has 1 amide bonds. The number of nitrogens with zero attached hydrogens (tertiary/aromatic N) is 2. The minimum absolute atomic E-state index is 0.0220. The van der Waals surface area contributed by atoms with Crippen LogP contribution in [0.3, 0.4) is 0 Å². The second-order valence-electron chi connectivity index (χ2n) is 5.68. The van der Waals surface area contributed by atoms with Crippen LogP contribution in [0.25, 0.3) is 6.08 Å². The van der Waals surface area contributed by atoms with Crippen LogP contribution in [0.2, 0.25) is 0 Å². The quantitative estimate of drug-likeness (QED) is 0.743. The molecule has 0 saturated carbocycles. The highest BCUT2D eigenvalue weighted by molar-refractivity contribution is 9.10. The Morgan fingerprint density at radius 2 is 1.75 bits per heavy atom. The summed E-state index contributed by atoms with van der Waals surface area (Å²) in [6.07, 6.45) is 3.45. The first-order chi connectivity index (χ1) is 11.6. The van der Waals surface area contributed by atoms with Crippen LogP contribution in [0.15, 0.2) is 59.1 Å². The van der Waals surface area contributed by atoms with E-state index < -0.39 is 0 Å². The van der Waals surface area contributed by atoms with Gasteiger partial charge in [-0.15, -0.1) is 0 Å². The summed E-state index contributed by atoms with van der Waals surface area (Å²) in [6, 6.07) is 14.3. The van der Waals surface area contributed by atoms with Gasteiger partial charge in [0.25, 0.3) is 0 Å². The van der Waals surface area contributed by atoms with Crippen molar-refractivity contribution in [3.05, 3.63) is 70.5 Å². The molecule has 1 heterocycles. The molecule has 0 radical (unpaired) electrons. The number of hydrogen-bond acceptors (Lipinski definition) is 2.